The number of esters is 1. The number of benzene rings is 1. The van der Waals surface area contributed by atoms with Crippen molar-refractivity contribution >= 4 is 12.0 Å². The van der Waals surface area contributed by atoms with Gasteiger partial charge in [0.2, 0.25) is 0 Å². The highest BCUT2D eigenvalue weighted by molar-refractivity contribution is 5.89. The summed E-state index contributed by atoms with van der Waals surface area (Å²) in [5, 5.41) is 2.28. The van der Waals surface area contributed by atoms with Crippen LogP contribution in [0, 0.1) is 0 Å². The van der Waals surface area contributed by atoms with Crippen molar-refractivity contribution in [3.8, 4) is 0 Å². The molecule has 0 bridgehead atoms. The molecule has 9 heteroatoms. The highest BCUT2D eigenvalue weighted by Crippen LogP contribution is 2.21. The van der Waals surface area contributed by atoms with Gasteiger partial charge in [0.05, 0.1) is 12.2 Å². The minimum absolute atomic E-state index is 0.147. The van der Waals surface area contributed by atoms with E-state index in [1.807, 2.05) is 0 Å². The first-order valence-electron chi connectivity index (χ1n) is 7.75. The molecule has 2 aliphatic heterocycles. The van der Waals surface area contributed by atoms with Crippen molar-refractivity contribution in [3.05, 3.63) is 47.9 Å². The summed E-state index contributed by atoms with van der Waals surface area (Å²) >= 11 is 0. The van der Waals surface area contributed by atoms with Crippen LogP contribution in [-0.4, -0.2) is 48.8 Å². The third-order valence-corrected chi connectivity index (χ3v) is 3.72. The maximum atomic E-state index is 13.6. The van der Waals surface area contributed by atoms with Crippen molar-refractivity contribution in [1.29, 1.82) is 0 Å². The van der Waals surface area contributed by atoms with Crippen molar-refractivity contribution in [1.82, 2.24) is 10.2 Å². The van der Waals surface area contributed by atoms with Gasteiger partial charge in [0.1, 0.15) is 19.0 Å². The number of rotatable bonds is 4. The van der Waals surface area contributed by atoms with Gasteiger partial charge in [0.15, 0.2) is 12.1 Å². The van der Waals surface area contributed by atoms with E-state index < -0.39 is 36.5 Å². The Bertz CT molecular complexity index is 669. The van der Waals surface area contributed by atoms with Crippen LogP contribution in [0.2, 0.25) is 0 Å². The molecular formula is C16H18FN3O5. The second kappa shape index (κ2) is 7.60. The lowest BCUT2D eigenvalue weighted by molar-refractivity contribution is -0.247. The summed E-state index contributed by atoms with van der Waals surface area (Å²) in [5.41, 5.74) is 5.81. The number of carbonyl (C=O) groups excluding carboxylic acids is 2. The molecule has 0 aromatic heterocycles. The van der Waals surface area contributed by atoms with Gasteiger partial charge in [-0.05, 0) is 12.1 Å². The zero-order valence-electron chi connectivity index (χ0n) is 13.3. The summed E-state index contributed by atoms with van der Waals surface area (Å²) < 4.78 is 29.7. The van der Waals surface area contributed by atoms with Crippen LogP contribution in [0.3, 0.4) is 0 Å². The van der Waals surface area contributed by atoms with E-state index in [1.165, 1.54) is 0 Å². The molecule has 25 heavy (non-hydrogen) atoms. The maximum Gasteiger partial charge on any atom is 0.338 e. The summed E-state index contributed by atoms with van der Waals surface area (Å²) in [6.07, 6.45) is -1.41. The van der Waals surface area contributed by atoms with Crippen molar-refractivity contribution < 1.29 is 28.2 Å². The Morgan fingerprint density at radius 1 is 1.40 bits per heavy atom. The van der Waals surface area contributed by atoms with E-state index in [-0.39, 0.29) is 13.2 Å². The molecule has 8 nitrogen and oxygen atoms in total. The first kappa shape index (κ1) is 17.3. The molecule has 3 rings (SSSR count). The van der Waals surface area contributed by atoms with Gasteiger partial charge >= 0.3 is 12.0 Å². The van der Waals surface area contributed by atoms with Crippen LogP contribution in [0.1, 0.15) is 16.8 Å². The summed E-state index contributed by atoms with van der Waals surface area (Å²) in [5.74, 6) is -1.19. The monoisotopic (exact) mass is 351 g/mol. The number of halogens is 1. The first-order chi connectivity index (χ1) is 12.0. The molecular weight excluding hydrogens is 333 g/mol. The van der Waals surface area contributed by atoms with Gasteiger partial charge in [-0.2, -0.15) is 0 Å². The fourth-order valence-corrected chi connectivity index (χ4v) is 2.44. The van der Waals surface area contributed by atoms with E-state index in [1.54, 1.807) is 30.3 Å². The van der Waals surface area contributed by atoms with Gasteiger partial charge in [-0.1, -0.05) is 18.2 Å². The second-order valence-electron chi connectivity index (χ2n) is 5.49. The fraction of sp³-hybridized carbons (Fsp3) is 0.375. The smallest absolute Gasteiger partial charge is 0.338 e. The fourth-order valence-electron chi connectivity index (χ4n) is 2.44. The number of hydrogen-bond acceptors (Lipinski definition) is 6. The number of nitrogens with zero attached hydrogens (tertiary/aromatic N) is 1. The lowest BCUT2D eigenvalue weighted by Gasteiger charge is -2.37. The molecule has 0 spiro atoms. The molecule has 2 aliphatic rings. The van der Waals surface area contributed by atoms with Gasteiger partial charge in [0, 0.05) is 12.6 Å². The van der Waals surface area contributed by atoms with Crippen molar-refractivity contribution in [2.24, 2.45) is 5.73 Å². The average Bonchev–Trinajstić information content (AvgIpc) is 2.63. The molecule has 1 aromatic rings. The zero-order valence-corrected chi connectivity index (χ0v) is 13.3. The third kappa shape index (κ3) is 4.13. The average molecular weight is 351 g/mol. The number of carbonyl (C=O) groups is 2. The topological polar surface area (TPSA) is 103 Å². The Balaban J connectivity index is 1.56. The molecule has 1 fully saturated rings. The number of ether oxygens (including phenoxy) is 3. The minimum Gasteiger partial charge on any atom is -0.457 e. The van der Waals surface area contributed by atoms with Gasteiger partial charge in [-0.25, -0.2) is 14.0 Å². The van der Waals surface area contributed by atoms with Gasteiger partial charge in [-0.15, -0.1) is 0 Å². The third-order valence-electron chi connectivity index (χ3n) is 3.72. The number of nitrogens with one attached hydrogen (secondary N) is 1. The molecule has 0 aliphatic carbocycles. The molecule has 0 saturated carbocycles. The van der Waals surface area contributed by atoms with Crippen LogP contribution in [0.5, 0.6) is 0 Å². The highest BCUT2D eigenvalue weighted by Gasteiger charge is 2.34. The zero-order chi connectivity index (χ0) is 17.8. The first-order valence-corrected chi connectivity index (χ1v) is 7.75. The molecule has 3 N–H and O–H groups in total. The molecule has 1 saturated heterocycles. The lowest BCUT2D eigenvalue weighted by Crippen LogP contribution is -2.56. The quantitative estimate of drug-likeness (QED) is 0.786. The Labute approximate surface area is 143 Å². The summed E-state index contributed by atoms with van der Waals surface area (Å²) in [6.45, 7) is 0.120. The molecule has 2 heterocycles. The maximum absolute atomic E-state index is 13.6. The Morgan fingerprint density at radius 2 is 2.16 bits per heavy atom. The van der Waals surface area contributed by atoms with Crippen LogP contribution in [0.4, 0.5) is 9.18 Å². The van der Waals surface area contributed by atoms with Crippen LogP contribution in [0.15, 0.2) is 42.4 Å². The SMILES string of the molecule is NC1NC(=O)N([C@H]2CCO[C@@H](COC(=O)c3ccccc3)O2)C=C1F. The van der Waals surface area contributed by atoms with E-state index in [0.717, 1.165) is 11.1 Å². The summed E-state index contributed by atoms with van der Waals surface area (Å²) in [4.78, 5) is 24.9. The predicted octanol–water partition coefficient (Wildman–Crippen LogP) is 1.05. The molecule has 3 atom stereocenters. The molecule has 0 radical (unpaired) electrons. The van der Waals surface area contributed by atoms with E-state index in [2.05, 4.69) is 5.32 Å². The normalized spacial score (nSPS) is 26.6. The summed E-state index contributed by atoms with van der Waals surface area (Å²) in [7, 11) is 0. The Hall–Kier alpha value is -2.49. The standard InChI is InChI=1S/C16H18FN3O5/c17-11-8-20(16(22)19-14(11)18)12-6-7-23-13(25-12)9-24-15(21)10-4-2-1-3-5-10/h1-5,8,12-14H,6-7,9,18H2,(H,19,22)/t12-,13-,14?/m1/s1. The number of urea groups is 1. The number of nitrogens with two attached hydrogens (primary N) is 1. The number of amides is 2. The van der Waals surface area contributed by atoms with Gasteiger partial charge < -0.3 is 25.3 Å². The van der Waals surface area contributed by atoms with E-state index in [4.69, 9.17) is 19.9 Å². The largest absolute Gasteiger partial charge is 0.457 e. The van der Waals surface area contributed by atoms with Crippen molar-refractivity contribution in [2.75, 3.05) is 13.2 Å². The van der Waals surface area contributed by atoms with Crippen LogP contribution in [0.25, 0.3) is 0 Å². The van der Waals surface area contributed by atoms with Gasteiger partial charge in [0.25, 0.3) is 0 Å². The summed E-state index contributed by atoms with van der Waals surface area (Å²) in [6, 6.07) is 7.92. The Morgan fingerprint density at radius 3 is 2.92 bits per heavy atom. The molecule has 2 amide bonds. The van der Waals surface area contributed by atoms with E-state index in [0.29, 0.717) is 12.0 Å². The lowest BCUT2D eigenvalue weighted by atomic mass is 10.2. The van der Waals surface area contributed by atoms with Crippen molar-refractivity contribution in [3.63, 3.8) is 0 Å². The molecule has 134 valence electrons. The Kier molecular flexibility index (Phi) is 5.27. The number of hydrogen-bond donors (Lipinski definition) is 2. The van der Waals surface area contributed by atoms with Gasteiger partial charge in [-0.3, -0.25) is 4.90 Å². The van der Waals surface area contributed by atoms with Crippen LogP contribution >= 0.6 is 0 Å². The minimum atomic E-state index is -1.16. The molecule has 1 aromatic carbocycles. The van der Waals surface area contributed by atoms with Crippen LogP contribution in [-0.2, 0) is 14.2 Å². The molecule has 1 unspecified atom stereocenters. The van der Waals surface area contributed by atoms with E-state index >= 15 is 0 Å². The van der Waals surface area contributed by atoms with Crippen molar-refractivity contribution in [2.45, 2.75) is 25.1 Å². The predicted molar refractivity (Wildman–Crippen MR) is 83.5 cm³/mol. The highest BCUT2D eigenvalue weighted by atomic mass is 19.1. The second-order valence-corrected chi connectivity index (χ2v) is 5.49. The van der Waals surface area contributed by atoms with E-state index in [9.17, 15) is 14.0 Å². The van der Waals surface area contributed by atoms with Crippen LogP contribution < -0.4 is 11.1 Å².